The van der Waals surface area contributed by atoms with Crippen LogP contribution < -0.4 is 0 Å². The molecule has 54 heavy (non-hydrogen) atoms. The van der Waals surface area contributed by atoms with Crippen molar-refractivity contribution < 1.29 is 4.42 Å². The first-order valence-corrected chi connectivity index (χ1v) is 18.1. The Hall–Kier alpha value is -7.37. The fourth-order valence-electron chi connectivity index (χ4n) is 7.97. The van der Waals surface area contributed by atoms with Crippen LogP contribution in [0.4, 0.5) is 0 Å². The van der Waals surface area contributed by atoms with Crippen LogP contribution in [0, 0.1) is 0 Å². The Morgan fingerprint density at radius 2 is 0.981 bits per heavy atom. The van der Waals surface area contributed by atoms with Crippen molar-refractivity contribution in [3.8, 4) is 51.0 Å². The summed E-state index contributed by atoms with van der Waals surface area (Å²) in [6, 6.07) is 63.2. The maximum absolute atomic E-state index is 6.89. The summed E-state index contributed by atoms with van der Waals surface area (Å²) >= 11 is 0. The van der Waals surface area contributed by atoms with Gasteiger partial charge in [0.1, 0.15) is 5.58 Å². The van der Waals surface area contributed by atoms with Gasteiger partial charge in [-0.15, -0.1) is 0 Å². The third-order valence-electron chi connectivity index (χ3n) is 10.4. The van der Waals surface area contributed by atoms with Gasteiger partial charge in [-0.2, -0.15) is 0 Å². The minimum absolute atomic E-state index is 0.589. The fourth-order valence-corrected chi connectivity index (χ4v) is 7.97. The highest BCUT2D eigenvalue weighted by Crippen LogP contribution is 2.44. The van der Waals surface area contributed by atoms with E-state index in [0.717, 1.165) is 55.3 Å². The number of rotatable bonds is 5. The molecule has 0 spiro atoms. The maximum Gasteiger partial charge on any atom is 0.164 e. The zero-order valence-electron chi connectivity index (χ0n) is 29.0. The van der Waals surface area contributed by atoms with Gasteiger partial charge in [0.2, 0.25) is 0 Å². The smallest absolute Gasteiger partial charge is 0.164 e. The van der Waals surface area contributed by atoms with Gasteiger partial charge < -0.3 is 8.98 Å². The number of fused-ring (bicyclic) bond motifs is 8. The number of hydrogen-bond donors (Lipinski definition) is 0. The van der Waals surface area contributed by atoms with Crippen molar-refractivity contribution in [2.24, 2.45) is 0 Å². The second kappa shape index (κ2) is 12.1. The van der Waals surface area contributed by atoms with Crippen LogP contribution in [0.1, 0.15) is 0 Å². The van der Waals surface area contributed by atoms with Crippen molar-refractivity contribution in [3.05, 3.63) is 182 Å². The molecule has 0 saturated heterocycles. The van der Waals surface area contributed by atoms with Crippen molar-refractivity contribution in [1.29, 1.82) is 0 Å². The van der Waals surface area contributed by atoms with Crippen LogP contribution in [0.15, 0.2) is 186 Å². The Bertz CT molecular complexity index is 3140. The van der Waals surface area contributed by atoms with Gasteiger partial charge in [-0.25, -0.2) is 15.0 Å². The molecule has 11 rings (SSSR count). The minimum atomic E-state index is 0.589. The van der Waals surface area contributed by atoms with Crippen LogP contribution in [0.3, 0.4) is 0 Å². The second-order valence-electron chi connectivity index (χ2n) is 13.6. The number of hydrogen-bond acceptors (Lipinski definition) is 4. The van der Waals surface area contributed by atoms with Gasteiger partial charge in [0, 0.05) is 38.2 Å². The Kier molecular flexibility index (Phi) is 6.79. The predicted octanol–water partition coefficient (Wildman–Crippen LogP) is 12.7. The fraction of sp³-hybridized carbons (Fsp3) is 0. The van der Waals surface area contributed by atoms with Crippen molar-refractivity contribution in [1.82, 2.24) is 19.5 Å². The average molecular weight is 691 g/mol. The first kappa shape index (κ1) is 30.3. The monoisotopic (exact) mass is 690 g/mol. The zero-order chi connectivity index (χ0) is 35.6. The summed E-state index contributed by atoms with van der Waals surface area (Å²) in [6.45, 7) is 0. The van der Waals surface area contributed by atoms with Crippen LogP contribution in [-0.2, 0) is 0 Å². The molecule has 0 fully saturated rings. The van der Waals surface area contributed by atoms with Gasteiger partial charge in [-0.3, -0.25) is 0 Å². The number of benzene rings is 8. The van der Waals surface area contributed by atoms with E-state index in [1.807, 2.05) is 72.8 Å². The van der Waals surface area contributed by atoms with Gasteiger partial charge in [0.05, 0.1) is 16.7 Å². The van der Waals surface area contributed by atoms with Gasteiger partial charge in [0.15, 0.2) is 23.1 Å². The Labute approximate surface area is 310 Å². The first-order valence-electron chi connectivity index (χ1n) is 18.1. The Balaban J connectivity index is 1.22. The molecule has 5 nitrogen and oxygen atoms in total. The van der Waals surface area contributed by atoms with E-state index < -0.39 is 0 Å². The molecule has 0 aliphatic carbocycles. The molecule has 0 N–H and O–H groups in total. The summed E-state index contributed by atoms with van der Waals surface area (Å²) in [5, 5.41) is 6.79. The van der Waals surface area contributed by atoms with Crippen molar-refractivity contribution in [2.75, 3.05) is 0 Å². The first-order chi connectivity index (χ1) is 26.8. The van der Waals surface area contributed by atoms with Crippen LogP contribution in [0.2, 0.25) is 0 Å². The molecule has 0 amide bonds. The SMILES string of the molecule is c1ccc(-c2ccc3c(c2)c2c4ccccc4ccc2n3-c2ccc(-c3nc(-c4ccccc4)nc(-c4ccccc4)n3)c3c2oc2ccccc23)cc1. The van der Waals surface area contributed by atoms with Gasteiger partial charge in [-0.05, 0) is 58.3 Å². The molecular formula is C49H30N4O. The highest BCUT2D eigenvalue weighted by molar-refractivity contribution is 6.23. The lowest BCUT2D eigenvalue weighted by atomic mass is 10.0. The van der Waals surface area contributed by atoms with E-state index in [1.165, 1.54) is 32.7 Å². The summed E-state index contributed by atoms with van der Waals surface area (Å²) in [6.07, 6.45) is 0. The van der Waals surface area contributed by atoms with Crippen LogP contribution >= 0.6 is 0 Å². The lowest BCUT2D eigenvalue weighted by Crippen LogP contribution is -2.01. The van der Waals surface area contributed by atoms with Gasteiger partial charge in [0.25, 0.3) is 0 Å². The molecule has 252 valence electrons. The third kappa shape index (κ3) is 4.76. The maximum atomic E-state index is 6.89. The molecule has 0 saturated carbocycles. The van der Waals surface area contributed by atoms with Crippen LogP contribution in [-0.4, -0.2) is 19.5 Å². The van der Waals surface area contributed by atoms with Gasteiger partial charge in [-0.1, -0.05) is 146 Å². The highest BCUT2D eigenvalue weighted by atomic mass is 16.3. The van der Waals surface area contributed by atoms with Crippen LogP contribution in [0.5, 0.6) is 0 Å². The van der Waals surface area contributed by atoms with E-state index in [0.29, 0.717) is 17.5 Å². The second-order valence-corrected chi connectivity index (χ2v) is 13.6. The number of nitrogens with zero attached hydrogens (tertiary/aromatic N) is 4. The molecule has 11 aromatic rings. The Morgan fingerprint density at radius 1 is 0.389 bits per heavy atom. The molecule has 0 aliphatic heterocycles. The largest absolute Gasteiger partial charge is 0.454 e. The normalized spacial score (nSPS) is 11.7. The topological polar surface area (TPSA) is 56.7 Å². The van der Waals surface area contributed by atoms with Crippen LogP contribution in [0.25, 0.3) is 105 Å². The summed E-state index contributed by atoms with van der Waals surface area (Å²) in [5.41, 5.74) is 9.85. The van der Waals surface area contributed by atoms with Crippen molar-refractivity contribution in [3.63, 3.8) is 0 Å². The molecular weight excluding hydrogens is 661 g/mol. The molecule has 0 radical (unpaired) electrons. The molecule has 0 unspecified atom stereocenters. The lowest BCUT2D eigenvalue weighted by molar-refractivity contribution is 0.666. The lowest BCUT2D eigenvalue weighted by Gasteiger charge is -2.13. The summed E-state index contributed by atoms with van der Waals surface area (Å²) in [5.74, 6) is 1.83. The molecule has 8 aromatic carbocycles. The standard InChI is InChI=1S/C49H30N4O/c1-4-14-31(15-5-1)35-25-27-40-39(30-35)44-36-21-11-10-16-32(36)24-28-41(44)53(40)42-29-26-38(45-37-22-12-13-23-43(37)54-46(42)45)49-51-47(33-17-6-2-7-18-33)50-48(52-49)34-19-8-3-9-20-34/h1-30H. The summed E-state index contributed by atoms with van der Waals surface area (Å²) < 4.78 is 9.25. The number of para-hydroxylation sites is 1. The summed E-state index contributed by atoms with van der Waals surface area (Å²) in [4.78, 5) is 15.2. The van der Waals surface area contributed by atoms with E-state index in [9.17, 15) is 0 Å². The predicted molar refractivity (Wildman–Crippen MR) is 221 cm³/mol. The average Bonchev–Trinajstić information content (AvgIpc) is 3.80. The quantitative estimate of drug-likeness (QED) is 0.180. The summed E-state index contributed by atoms with van der Waals surface area (Å²) in [7, 11) is 0. The van der Waals surface area contributed by atoms with E-state index in [1.54, 1.807) is 0 Å². The number of aromatic nitrogens is 4. The molecule has 0 aliphatic rings. The number of furan rings is 1. The minimum Gasteiger partial charge on any atom is -0.454 e. The van der Waals surface area contributed by atoms with E-state index in [2.05, 4.69) is 114 Å². The van der Waals surface area contributed by atoms with Crippen molar-refractivity contribution >= 4 is 54.5 Å². The molecule has 0 bridgehead atoms. The molecule has 3 heterocycles. The van der Waals surface area contributed by atoms with E-state index in [-0.39, 0.29) is 0 Å². The highest BCUT2D eigenvalue weighted by Gasteiger charge is 2.23. The molecule has 0 atom stereocenters. The molecule has 5 heteroatoms. The van der Waals surface area contributed by atoms with Gasteiger partial charge >= 0.3 is 0 Å². The van der Waals surface area contributed by atoms with Crippen molar-refractivity contribution in [2.45, 2.75) is 0 Å². The molecule has 3 aromatic heterocycles. The third-order valence-corrected chi connectivity index (χ3v) is 10.4. The Morgan fingerprint density at radius 3 is 1.70 bits per heavy atom. The van der Waals surface area contributed by atoms with E-state index >= 15 is 0 Å². The van der Waals surface area contributed by atoms with E-state index in [4.69, 9.17) is 19.4 Å². The zero-order valence-corrected chi connectivity index (χ0v) is 29.0.